The van der Waals surface area contributed by atoms with Gasteiger partial charge in [0.1, 0.15) is 5.82 Å². The van der Waals surface area contributed by atoms with Crippen LogP contribution in [0.3, 0.4) is 0 Å². The fraction of sp³-hybridized carbons (Fsp3) is 0.263. The number of ether oxygens (including phenoxy) is 1. The molecule has 0 fully saturated rings. The van der Waals surface area contributed by atoms with Crippen molar-refractivity contribution in [2.24, 2.45) is 0 Å². The molecule has 0 radical (unpaired) electrons. The number of esters is 1. The van der Waals surface area contributed by atoms with Gasteiger partial charge in [0, 0.05) is 10.6 Å². The van der Waals surface area contributed by atoms with Gasteiger partial charge >= 0.3 is 5.97 Å². The van der Waals surface area contributed by atoms with E-state index in [4.69, 9.17) is 4.74 Å². The Morgan fingerprint density at radius 1 is 1.16 bits per heavy atom. The van der Waals surface area contributed by atoms with Gasteiger partial charge in [-0.15, -0.1) is 11.8 Å². The molecular formula is C19H20FNO3S. The van der Waals surface area contributed by atoms with E-state index < -0.39 is 18.0 Å². The Balaban J connectivity index is 1.81. The van der Waals surface area contributed by atoms with Gasteiger partial charge in [-0.3, -0.25) is 9.59 Å². The molecule has 2 aromatic rings. The Morgan fingerprint density at radius 2 is 1.84 bits per heavy atom. The molecule has 4 nitrogen and oxygen atoms in total. The van der Waals surface area contributed by atoms with E-state index in [2.05, 4.69) is 12.2 Å². The molecule has 1 N–H and O–H groups in total. The lowest BCUT2D eigenvalue weighted by Crippen LogP contribution is -2.30. The molecule has 132 valence electrons. The number of halogens is 1. The maximum absolute atomic E-state index is 13.5. The van der Waals surface area contributed by atoms with Crippen LogP contribution in [0.2, 0.25) is 0 Å². The van der Waals surface area contributed by atoms with Crippen molar-refractivity contribution in [3.05, 3.63) is 59.9 Å². The number of rotatable bonds is 7. The lowest BCUT2D eigenvalue weighted by molar-refractivity contribution is -0.150. The molecule has 0 saturated heterocycles. The summed E-state index contributed by atoms with van der Waals surface area (Å²) in [6, 6.07) is 13.7. The van der Waals surface area contributed by atoms with Gasteiger partial charge in [0.15, 0.2) is 6.10 Å². The molecular weight excluding hydrogens is 341 g/mol. The number of amides is 1. The van der Waals surface area contributed by atoms with E-state index in [9.17, 15) is 14.0 Å². The highest BCUT2D eigenvalue weighted by molar-refractivity contribution is 8.00. The fourth-order valence-corrected chi connectivity index (χ4v) is 2.77. The molecule has 0 heterocycles. The summed E-state index contributed by atoms with van der Waals surface area (Å²) < 4.78 is 18.6. The van der Waals surface area contributed by atoms with Crippen molar-refractivity contribution in [3.8, 4) is 0 Å². The van der Waals surface area contributed by atoms with Crippen molar-refractivity contribution in [1.29, 1.82) is 0 Å². The molecule has 25 heavy (non-hydrogen) atoms. The van der Waals surface area contributed by atoms with Crippen LogP contribution >= 0.6 is 11.8 Å². The molecule has 6 heteroatoms. The van der Waals surface area contributed by atoms with E-state index >= 15 is 0 Å². The summed E-state index contributed by atoms with van der Waals surface area (Å²) in [5, 5.41) is 2.70. The number of nitrogens with one attached hydrogen (secondary N) is 1. The molecule has 0 saturated carbocycles. The van der Waals surface area contributed by atoms with E-state index in [0.29, 0.717) is 10.6 Å². The molecule has 0 unspecified atom stereocenters. The van der Waals surface area contributed by atoms with Crippen molar-refractivity contribution in [2.75, 3.05) is 11.1 Å². The average Bonchev–Trinajstić information content (AvgIpc) is 2.61. The molecule has 2 aromatic carbocycles. The fourth-order valence-electron chi connectivity index (χ4n) is 2.05. The van der Waals surface area contributed by atoms with Crippen LogP contribution in [0.15, 0.2) is 53.4 Å². The number of hydrogen-bond donors (Lipinski definition) is 1. The highest BCUT2D eigenvalue weighted by atomic mass is 32.2. The number of carbonyl (C=O) groups is 2. The second-order valence-electron chi connectivity index (χ2n) is 5.39. The van der Waals surface area contributed by atoms with E-state index in [0.717, 1.165) is 18.2 Å². The van der Waals surface area contributed by atoms with E-state index in [1.54, 1.807) is 30.3 Å². The van der Waals surface area contributed by atoms with Crippen LogP contribution in [-0.2, 0) is 20.7 Å². The summed E-state index contributed by atoms with van der Waals surface area (Å²) in [6.45, 7) is 3.55. The van der Waals surface area contributed by atoms with E-state index in [1.165, 1.54) is 18.6 Å². The van der Waals surface area contributed by atoms with Crippen molar-refractivity contribution >= 4 is 29.3 Å². The van der Waals surface area contributed by atoms with Crippen LogP contribution < -0.4 is 5.32 Å². The van der Waals surface area contributed by atoms with Crippen molar-refractivity contribution in [1.82, 2.24) is 0 Å². The summed E-state index contributed by atoms with van der Waals surface area (Å²) in [5.74, 6) is -1.43. The predicted octanol–water partition coefficient (Wildman–Crippen LogP) is 4.05. The van der Waals surface area contributed by atoms with Crippen LogP contribution in [0, 0.1) is 5.82 Å². The lowest BCUT2D eigenvalue weighted by atomic mass is 10.1. The van der Waals surface area contributed by atoms with Crippen LogP contribution in [-0.4, -0.2) is 23.7 Å². The zero-order chi connectivity index (χ0) is 18.2. The minimum absolute atomic E-state index is 0.0657. The molecule has 0 aromatic heterocycles. The molecule has 1 atom stereocenters. The quantitative estimate of drug-likeness (QED) is 0.597. The first kappa shape index (κ1) is 19.0. The molecule has 0 aliphatic carbocycles. The van der Waals surface area contributed by atoms with Gasteiger partial charge in [-0.2, -0.15) is 0 Å². The first-order valence-electron chi connectivity index (χ1n) is 7.96. The van der Waals surface area contributed by atoms with Gasteiger partial charge in [-0.05, 0) is 43.2 Å². The Bertz CT molecular complexity index is 734. The first-order chi connectivity index (χ1) is 12.0. The third kappa shape index (κ3) is 5.90. The lowest BCUT2D eigenvalue weighted by Gasteiger charge is -2.13. The van der Waals surface area contributed by atoms with Crippen LogP contribution in [0.4, 0.5) is 10.1 Å². The Kier molecular flexibility index (Phi) is 7.01. The van der Waals surface area contributed by atoms with Gasteiger partial charge in [0.05, 0.1) is 5.75 Å². The second-order valence-corrected chi connectivity index (χ2v) is 6.41. The zero-order valence-electron chi connectivity index (χ0n) is 14.1. The summed E-state index contributed by atoms with van der Waals surface area (Å²) >= 11 is 1.04. The van der Waals surface area contributed by atoms with Crippen LogP contribution in [0.5, 0.6) is 0 Å². The molecule has 1 amide bonds. The van der Waals surface area contributed by atoms with Gasteiger partial charge < -0.3 is 10.1 Å². The van der Waals surface area contributed by atoms with Crippen molar-refractivity contribution in [3.63, 3.8) is 0 Å². The Morgan fingerprint density at radius 3 is 2.48 bits per heavy atom. The number of hydrogen-bond acceptors (Lipinski definition) is 4. The maximum Gasteiger partial charge on any atom is 0.317 e. The van der Waals surface area contributed by atoms with Gasteiger partial charge in [-0.25, -0.2) is 4.39 Å². The topological polar surface area (TPSA) is 55.4 Å². The van der Waals surface area contributed by atoms with E-state index in [1.807, 2.05) is 12.1 Å². The van der Waals surface area contributed by atoms with Crippen molar-refractivity contribution < 1.29 is 18.7 Å². The van der Waals surface area contributed by atoms with E-state index in [-0.39, 0.29) is 11.6 Å². The summed E-state index contributed by atoms with van der Waals surface area (Å²) in [5.41, 5.74) is 1.81. The molecule has 2 rings (SSSR count). The molecule has 0 aliphatic heterocycles. The van der Waals surface area contributed by atoms with Gasteiger partial charge in [-0.1, -0.05) is 31.2 Å². The highest BCUT2D eigenvalue weighted by Gasteiger charge is 2.18. The third-order valence-electron chi connectivity index (χ3n) is 3.49. The van der Waals surface area contributed by atoms with Crippen molar-refractivity contribution in [2.45, 2.75) is 31.3 Å². The Labute approximate surface area is 150 Å². The highest BCUT2D eigenvalue weighted by Crippen LogP contribution is 2.21. The minimum atomic E-state index is -0.931. The van der Waals surface area contributed by atoms with Crippen LogP contribution in [0.1, 0.15) is 19.4 Å². The number of aryl methyl sites for hydroxylation is 1. The number of benzene rings is 2. The normalized spacial score (nSPS) is 11.6. The smallest absolute Gasteiger partial charge is 0.317 e. The maximum atomic E-state index is 13.5. The molecule has 0 aliphatic rings. The SMILES string of the molecule is CCc1ccc(NC(=O)[C@H](C)OC(=O)CSc2ccccc2F)cc1. The monoisotopic (exact) mass is 361 g/mol. The zero-order valence-corrected chi connectivity index (χ0v) is 14.9. The summed E-state index contributed by atoms with van der Waals surface area (Å²) in [4.78, 5) is 24.3. The standard InChI is InChI=1S/C19H20FNO3S/c1-3-14-8-10-15(11-9-14)21-19(23)13(2)24-18(22)12-25-17-7-5-4-6-16(17)20/h4-11,13H,3,12H2,1-2H3,(H,21,23)/t13-/m0/s1. The minimum Gasteiger partial charge on any atom is -0.452 e. The molecule has 0 spiro atoms. The van der Waals surface area contributed by atoms with Gasteiger partial charge in [0.25, 0.3) is 5.91 Å². The second kappa shape index (κ2) is 9.22. The summed E-state index contributed by atoms with van der Waals surface area (Å²) in [7, 11) is 0. The number of carbonyl (C=O) groups excluding carboxylic acids is 2. The Hall–Kier alpha value is -2.34. The number of anilines is 1. The van der Waals surface area contributed by atoms with Crippen LogP contribution in [0.25, 0.3) is 0 Å². The summed E-state index contributed by atoms with van der Waals surface area (Å²) in [6.07, 6.45) is -0.0124. The third-order valence-corrected chi connectivity index (χ3v) is 4.51. The first-order valence-corrected chi connectivity index (χ1v) is 8.94. The predicted molar refractivity (Wildman–Crippen MR) is 97.1 cm³/mol. The number of thioether (sulfide) groups is 1. The largest absolute Gasteiger partial charge is 0.452 e. The average molecular weight is 361 g/mol. The molecule has 0 bridgehead atoms. The van der Waals surface area contributed by atoms with Gasteiger partial charge in [0.2, 0.25) is 0 Å².